The van der Waals surface area contributed by atoms with Crippen molar-refractivity contribution in [3.05, 3.63) is 64.7 Å². The van der Waals surface area contributed by atoms with Crippen molar-refractivity contribution in [2.45, 2.75) is 13.0 Å². The van der Waals surface area contributed by atoms with Gasteiger partial charge < -0.3 is 24.2 Å². The fourth-order valence-corrected chi connectivity index (χ4v) is 3.83. The first kappa shape index (κ1) is 20.0. The second-order valence-electron chi connectivity index (χ2n) is 7.26. The van der Waals surface area contributed by atoms with Crippen molar-refractivity contribution in [1.29, 1.82) is 0 Å². The maximum Gasteiger partial charge on any atom is 0.295 e. The number of rotatable bonds is 5. The van der Waals surface area contributed by atoms with E-state index in [1.165, 1.54) is 12.0 Å². The van der Waals surface area contributed by atoms with Crippen LogP contribution >= 0.6 is 0 Å². The van der Waals surface area contributed by atoms with E-state index in [4.69, 9.17) is 14.2 Å². The molecule has 2 aliphatic heterocycles. The third-order valence-corrected chi connectivity index (χ3v) is 5.25. The summed E-state index contributed by atoms with van der Waals surface area (Å²) in [6.45, 7) is 3.31. The molecule has 1 atom stereocenters. The van der Waals surface area contributed by atoms with Crippen molar-refractivity contribution in [3.63, 3.8) is 0 Å². The van der Waals surface area contributed by atoms with Gasteiger partial charge in [-0.05, 0) is 30.7 Å². The number of amides is 1. The maximum atomic E-state index is 12.9. The Bertz CT molecular complexity index is 1030. The number of fused-ring (bicyclic) bond motifs is 1. The van der Waals surface area contributed by atoms with Gasteiger partial charge >= 0.3 is 0 Å². The van der Waals surface area contributed by atoms with Gasteiger partial charge in [-0.3, -0.25) is 9.59 Å². The molecule has 0 aliphatic carbocycles. The van der Waals surface area contributed by atoms with Gasteiger partial charge in [0.1, 0.15) is 19.0 Å². The molecule has 4 rings (SSSR count). The Morgan fingerprint density at radius 2 is 1.90 bits per heavy atom. The van der Waals surface area contributed by atoms with Crippen LogP contribution in [0.2, 0.25) is 0 Å². The molecule has 1 unspecified atom stereocenters. The molecule has 30 heavy (non-hydrogen) atoms. The first-order chi connectivity index (χ1) is 14.5. The fraction of sp³-hybridized carbons (Fsp3) is 0.304. The van der Waals surface area contributed by atoms with Gasteiger partial charge in [-0.25, -0.2) is 0 Å². The molecule has 0 spiro atoms. The molecule has 0 aromatic heterocycles. The van der Waals surface area contributed by atoms with Crippen LogP contribution in [0.1, 0.15) is 22.7 Å². The number of ketones is 1. The van der Waals surface area contributed by atoms with Crippen LogP contribution in [0.15, 0.2) is 48.0 Å². The Kier molecular flexibility index (Phi) is 5.46. The van der Waals surface area contributed by atoms with Crippen LogP contribution in [0, 0.1) is 6.92 Å². The van der Waals surface area contributed by atoms with Gasteiger partial charge in [-0.15, -0.1) is 0 Å². The topological polar surface area (TPSA) is 85.3 Å². The number of Topliss-reactive ketones (excluding diaryl/α,β-unsaturated/α-hetero) is 1. The summed E-state index contributed by atoms with van der Waals surface area (Å²) in [4.78, 5) is 27.2. The molecular formula is C23H23NO6. The normalized spacial score (nSPS) is 19.9. The first-order valence-electron chi connectivity index (χ1n) is 9.75. The van der Waals surface area contributed by atoms with E-state index < -0.39 is 17.7 Å². The molecular weight excluding hydrogens is 386 g/mol. The summed E-state index contributed by atoms with van der Waals surface area (Å²) < 4.78 is 16.2. The molecule has 1 saturated heterocycles. The Morgan fingerprint density at radius 1 is 1.13 bits per heavy atom. The summed E-state index contributed by atoms with van der Waals surface area (Å²) in [6, 6.07) is 11.8. The number of nitrogens with zero attached hydrogens (tertiary/aromatic N) is 1. The molecule has 1 fully saturated rings. The number of hydrogen-bond donors (Lipinski definition) is 1. The molecule has 2 aliphatic rings. The molecule has 2 aromatic carbocycles. The van der Waals surface area contributed by atoms with Crippen LogP contribution in [0.25, 0.3) is 5.76 Å². The molecule has 0 bridgehead atoms. The van der Waals surface area contributed by atoms with Gasteiger partial charge in [0.2, 0.25) is 0 Å². The largest absolute Gasteiger partial charge is 0.507 e. The van der Waals surface area contributed by atoms with Crippen LogP contribution in [-0.2, 0) is 14.3 Å². The molecule has 7 nitrogen and oxygen atoms in total. The molecule has 2 aromatic rings. The summed E-state index contributed by atoms with van der Waals surface area (Å²) in [7, 11) is 1.54. The van der Waals surface area contributed by atoms with E-state index in [2.05, 4.69) is 0 Å². The monoisotopic (exact) mass is 409 g/mol. The third kappa shape index (κ3) is 3.52. The Labute approximate surface area is 174 Å². The second-order valence-corrected chi connectivity index (χ2v) is 7.26. The van der Waals surface area contributed by atoms with Crippen LogP contribution in [0.3, 0.4) is 0 Å². The summed E-state index contributed by atoms with van der Waals surface area (Å²) >= 11 is 0. The molecule has 1 amide bonds. The predicted octanol–water partition coefficient (Wildman–Crippen LogP) is 2.83. The lowest BCUT2D eigenvalue weighted by molar-refractivity contribution is -0.140. The van der Waals surface area contributed by atoms with Crippen LogP contribution in [-0.4, -0.2) is 55.2 Å². The number of hydrogen-bond acceptors (Lipinski definition) is 6. The average Bonchev–Trinajstić information content (AvgIpc) is 3.01. The van der Waals surface area contributed by atoms with Gasteiger partial charge in [0.25, 0.3) is 11.7 Å². The van der Waals surface area contributed by atoms with Gasteiger partial charge in [0.05, 0.1) is 18.2 Å². The standard InChI is InChI=1S/C23H23NO6/c1-14-4-3-5-15(12-14)20-19(22(26)23(27)24(20)8-9-28-2)21(25)16-6-7-17-18(13-16)30-11-10-29-17/h3-7,12-13,20,25H,8-11H2,1-2H3/b21-19-. The molecule has 0 radical (unpaired) electrons. The fourth-order valence-electron chi connectivity index (χ4n) is 3.83. The van der Waals surface area contributed by atoms with Crippen molar-refractivity contribution in [2.75, 3.05) is 33.5 Å². The van der Waals surface area contributed by atoms with Crippen molar-refractivity contribution in [2.24, 2.45) is 0 Å². The number of carbonyl (C=O) groups excluding carboxylic acids is 2. The van der Waals surface area contributed by atoms with E-state index in [0.717, 1.165) is 11.1 Å². The Hall–Kier alpha value is -3.32. The SMILES string of the molecule is COCCN1C(=O)C(=O)/C(=C(\O)c2ccc3c(c2)OCCO3)C1c1cccc(C)c1. The highest BCUT2D eigenvalue weighted by Crippen LogP contribution is 2.41. The van der Waals surface area contributed by atoms with Gasteiger partial charge in [0.15, 0.2) is 11.5 Å². The minimum atomic E-state index is -0.718. The lowest BCUT2D eigenvalue weighted by Gasteiger charge is -2.25. The average molecular weight is 409 g/mol. The smallest absolute Gasteiger partial charge is 0.295 e. The minimum Gasteiger partial charge on any atom is -0.507 e. The predicted molar refractivity (Wildman–Crippen MR) is 109 cm³/mol. The molecule has 0 saturated carbocycles. The van der Waals surface area contributed by atoms with Crippen molar-refractivity contribution in [3.8, 4) is 11.5 Å². The van der Waals surface area contributed by atoms with Gasteiger partial charge in [-0.1, -0.05) is 29.8 Å². The number of aliphatic hydroxyl groups excluding tert-OH is 1. The summed E-state index contributed by atoms with van der Waals surface area (Å²) in [5, 5.41) is 11.1. The van der Waals surface area contributed by atoms with Crippen molar-refractivity contribution >= 4 is 17.4 Å². The molecule has 2 heterocycles. The zero-order valence-electron chi connectivity index (χ0n) is 16.9. The zero-order valence-corrected chi connectivity index (χ0v) is 16.9. The van der Waals surface area contributed by atoms with E-state index in [1.54, 1.807) is 18.2 Å². The Morgan fingerprint density at radius 3 is 2.63 bits per heavy atom. The van der Waals surface area contributed by atoms with Crippen LogP contribution < -0.4 is 9.47 Å². The number of methoxy groups -OCH3 is 1. The highest BCUT2D eigenvalue weighted by atomic mass is 16.6. The van der Waals surface area contributed by atoms with Crippen LogP contribution in [0.5, 0.6) is 11.5 Å². The number of aryl methyl sites for hydroxylation is 1. The highest BCUT2D eigenvalue weighted by Gasteiger charge is 2.45. The number of aliphatic hydroxyl groups is 1. The highest BCUT2D eigenvalue weighted by molar-refractivity contribution is 6.46. The lowest BCUT2D eigenvalue weighted by Crippen LogP contribution is -2.32. The second kappa shape index (κ2) is 8.20. The van der Waals surface area contributed by atoms with Gasteiger partial charge in [0, 0.05) is 19.2 Å². The quantitative estimate of drug-likeness (QED) is 0.464. The lowest BCUT2D eigenvalue weighted by atomic mass is 9.94. The van der Waals surface area contributed by atoms with E-state index in [0.29, 0.717) is 30.3 Å². The zero-order chi connectivity index (χ0) is 21.3. The van der Waals surface area contributed by atoms with E-state index in [9.17, 15) is 14.7 Å². The van der Waals surface area contributed by atoms with E-state index in [1.807, 2.05) is 31.2 Å². The number of carbonyl (C=O) groups is 2. The number of likely N-dealkylation sites (tertiary alicyclic amines) is 1. The number of ether oxygens (including phenoxy) is 3. The summed E-state index contributed by atoms with van der Waals surface area (Å²) in [5.74, 6) is -0.543. The van der Waals surface area contributed by atoms with Crippen molar-refractivity contribution < 1.29 is 28.9 Å². The van der Waals surface area contributed by atoms with Crippen molar-refractivity contribution in [1.82, 2.24) is 4.90 Å². The number of benzene rings is 2. The summed E-state index contributed by atoms with van der Waals surface area (Å²) in [5.41, 5.74) is 2.19. The summed E-state index contributed by atoms with van der Waals surface area (Å²) in [6.07, 6.45) is 0. The molecule has 7 heteroatoms. The van der Waals surface area contributed by atoms with Crippen LogP contribution in [0.4, 0.5) is 0 Å². The van der Waals surface area contributed by atoms with E-state index >= 15 is 0 Å². The maximum absolute atomic E-state index is 12.9. The third-order valence-electron chi connectivity index (χ3n) is 5.25. The molecule has 156 valence electrons. The molecule has 1 N–H and O–H groups in total. The minimum absolute atomic E-state index is 0.0541. The first-order valence-corrected chi connectivity index (χ1v) is 9.75. The Balaban J connectivity index is 1.84. The van der Waals surface area contributed by atoms with Gasteiger partial charge in [-0.2, -0.15) is 0 Å². The van der Waals surface area contributed by atoms with E-state index in [-0.39, 0.29) is 24.5 Å².